The first-order valence-corrected chi connectivity index (χ1v) is 8.50. The number of benzene rings is 2. The van der Waals surface area contributed by atoms with E-state index in [4.69, 9.17) is 9.47 Å². The SMILES string of the molecule is CCOc1ccc(C=CC(=O)N(C)Cc2ccccc2)cc1OCC. The summed E-state index contributed by atoms with van der Waals surface area (Å²) in [7, 11) is 1.80. The van der Waals surface area contributed by atoms with Gasteiger partial charge in [-0.25, -0.2) is 0 Å². The van der Waals surface area contributed by atoms with Gasteiger partial charge in [0.2, 0.25) is 5.91 Å². The van der Waals surface area contributed by atoms with Gasteiger partial charge in [-0.15, -0.1) is 0 Å². The van der Waals surface area contributed by atoms with Crippen molar-refractivity contribution in [2.45, 2.75) is 20.4 Å². The van der Waals surface area contributed by atoms with Crippen LogP contribution in [0.25, 0.3) is 6.08 Å². The fourth-order valence-corrected chi connectivity index (χ4v) is 2.40. The minimum absolute atomic E-state index is 0.0457. The molecular weight excluding hydrogens is 314 g/mol. The Labute approximate surface area is 149 Å². The summed E-state index contributed by atoms with van der Waals surface area (Å²) in [6.07, 6.45) is 3.37. The van der Waals surface area contributed by atoms with Gasteiger partial charge in [-0.1, -0.05) is 36.4 Å². The maximum absolute atomic E-state index is 12.3. The Hall–Kier alpha value is -2.75. The second kappa shape index (κ2) is 9.52. The minimum atomic E-state index is -0.0457. The zero-order valence-electron chi connectivity index (χ0n) is 15.1. The molecule has 132 valence electrons. The summed E-state index contributed by atoms with van der Waals surface area (Å²) in [6, 6.07) is 15.6. The predicted molar refractivity (Wildman–Crippen MR) is 101 cm³/mol. The highest BCUT2D eigenvalue weighted by atomic mass is 16.5. The van der Waals surface area contributed by atoms with Crippen LogP contribution < -0.4 is 9.47 Å². The maximum Gasteiger partial charge on any atom is 0.246 e. The van der Waals surface area contributed by atoms with Gasteiger partial charge in [0.05, 0.1) is 13.2 Å². The van der Waals surface area contributed by atoms with E-state index in [1.807, 2.05) is 62.4 Å². The lowest BCUT2D eigenvalue weighted by Crippen LogP contribution is -2.24. The highest BCUT2D eigenvalue weighted by Crippen LogP contribution is 2.29. The number of rotatable bonds is 8. The summed E-state index contributed by atoms with van der Waals surface area (Å²) >= 11 is 0. The highest BCUT2D eigenvalue weighted by Gasteiger charge is 2.07. The van der Waals surface area contributed by atoms with Crippen molar-refractivity contribution in [1.82, 2.24) is 4.90 Å². The molecule has 0 fully saturated rings. The summed E-state index contributed by atoms with van der Waals surface area (Å²) in [5, 5.41) is 0. The van der Waals surface area contributed by atoms with Crippen molar-refractivity contribution in [2.75, 3.05) is 20.3 Å². The molecule has 0 aliphatic carbocycles. The summed E-state index contributed by atoms with van der Waals surface area (Å²) < 4.78 is 11.2. The number of hydrogen-bond donors (Lipinski definition) is 0. The van der Waals surface area contributed by atoms with E-state index >= 15 is 0 Å². The molecule has 4 heteroatoms. The molecule has 0 bridgehead atoms. The van der Waals surface area contributed by atoms with Crippen molar-refractivity contribution in [1.29, 1.82) is 0 Å². The lowest BCUT2D eigenvalue weighted by molar-refractivity contribution is -0.125. The highest BCUT2D eigenvalue weighted by molar-refractivity contribution is 5.91. The van der Waals surface area contributed by atoms with Crippen LogP contribution in [0.15, 0.2) is 54.6 Å². The molecule has 4 nitrogen and oxygen atoms in total. The molecule has 1 amide bonds. The zero-order valence-corrected chi connectivity index (χ0v) is 15.1. The summed E-state index contributed by atoms with van der Waals surface area (Å²) in [4.78, 5) is 14.0. The molecule has 0 aromatic heterocycles. The molecule has 0 radical (unpaired) electrons. The average molecular weight is 339 g/mol. The first-order chi connectivity index (χ1) is 12.1. The van der Waals surface area contributed by atoms with E-state index in [2.05, 4.69) is 0 Å². The van der Waals surface area contributed by atoms with E-state index < -0.39 is 0 Å². The van der Waals surface area contributed by atoms with Crippen molar-refractivity contribution in [3.05, 3.63) is 65.7 Å². The van der Waals surface area contributed by atoms with Crippen LogP contribution in [-0.2, 0) is 11.3 Å². The molecule has 0 saturated heterocycles. The molecule has 0 N–H and O–H groups in total. The lowest BCUT2D eigenvalue weighted by atomic mass is 10.1. The van der Waals surface area contributed by atoms with Crippen LogP contribution in [-0.4, -0.2) is 31.1 Å². The summed E-state index contributed by atoms with van der Waals surface area (Å²) in [6.45, 7) is 5.59. The van der Waals surface area contributed by atoms with Gasteiger partial charge in [0, 0.05) is 19.7 Å². The van der Waals surface area contributed by atoms with Gasteiger partial charge in [0.15, 0.2) is 11.5 Å². The minimum Gasteiger partial charge on any atom is -0.490 e. The van der Waals surface area contributed by atoms with E-state index in [1.54, 1.807) is 24.1 Å². The third-order valence-corrected chi connectivity index (χ3v) is 3.62. The van der Waals surface area contributed by atoms with Gasteiger partial charge in [-0.05, 0) is 43.2 Å². The molecule has 2 aromatic carbocycles. The van der Waals surface area contributed by atoms with Crippen LogP contribution >= 0.6 is 0 Å². The van der Waals surface area contributed by atoms with Crippen molar-refractivity contribution in [2.24, 2.45) is 0 Å². The lowest BCUT2D eigenvalue weighted by Gasteiger charge is -2.15. The standard InChI is InChI=1S/C21H25NO3/c1-4-24-19-13-11-17(15-20(19)25-5-2)12-14-21(23)22(3)16-18-9-7-6-8-10-18/h6-15H,4-5,16H2,1-3H3. The second-order valence-electron chi connectivity index (χ2n) is 5.59. The summed E-state index contributed by atoms with van der Waals surface area (Å²) in [5.74, 6) is 1.36. The number of ether oxygens (including phenoxy) is 2. The second-order valence-corrected chi connectivity index (χ2v) is 5.59. The Morgan fingerprint density at radius 1 is 1.00 bits per heavy atom. The van der Waals surface area contributed by atoms with Crippen LogP contribution in [0.4, 0.5) is 0 Å². The molecule has 2 rings (SSSR count). The molecule has 0 atom stereocenters. The Morgan fingerprint density at radius 3 is 2.36 bits per heavy atom. The predicted octanol–water partition coefficient (Wildman–Crippen LogP) is 4.16. The topological polar surface area (TPSA) is 38.8 Å². The molecule has 25 heavy (non-hydrogen) atoms. The first kappa shape index (κ1) is 18.6. The van der Waals surface area contributed by atoms with E-state index in [9.17, 15) is 4.79 Å². The van der Waals surface area contributed by atoms with Crippen molar-refractivity contribution >= 4 is 12.0 Å². The van der Waals surface area contributed by atoms with Crippen LogP contribution in [0.3, 0.4) is 0 Å². The van der Waals surface area contributed by atoms with Gasteiger partial charge in [0.1, 0.15) is 0 Å². The third kappa shape index (κ3) is 5.68. The molecule has 0 unspecified atom stereocenters. The van der Waals surface area contributed by atoms with Crippen LogP contribution in [0.5, 0.6) is 11.5 Å². The molecule has 0 saturated carbocycles. The van der Waals surface area contributed by atoms with Crippen molar-refractivity contribution in [3.8, 4) is 11.5 Å². The van der Waals surface area contributed by atoms with Crippen molar-refractivity contribution < 1.29 is 14.3 Å². The Balaban J connectivity index is 2.04. The molecular formula is C21H25NO3. The Bertz CT molecular complexity index is 710. The van der Waals surface area contributed by atoms with Crippen LogP contribution in [0.1, 0.15) is 25.0 Å². The van der Waals surface area contributed by atoms with E-state index in [0.29, 0.717) is 31.3 Å². The normalized spacial score (nSPS) is 10.7. The van der Waals surface area contributed by atoms with Gasteiger partial charge in [-0.3, -0.25) is 4.79 Å². The van der Waals surface area contributed by atoms with Gasteiger partial charge >= 0.3 is 0 Å². The summed E-state index contributed by atoms with van der Waals surface area (Å²) in [5.41, 5.74) is 2.00. The zero-order chi connectivity index (χ0) is 18.1. The molecule has 0 spiro atoms. The van der Waals surface area contributed by atoms with Crippen LogP contribution in [0, 0.1) is 0 Å². The number of amides is 1. The average Bonchev–Trinajstić information content (AvgIpc) is 2.62. The Kier molecular flexibility index (Phi) is 7.08. The largest absolute Gasteiger partial charge is 0.490 e. The van der Waals surface area contributed by atoms with Crippen molar-refractivity contribution in [3.63, 3.8) is 0 Å². The fraction of sp³-hybridized carbons (Fsp3) is 0.286. The molecule has 2 aromatic rings. The monoisotopic (exact) mass is 339 g/mol. The number of hydrogen-bond acceptors (Lipinski definition) is 3. The van der Waals surface area contributed by atoms with Gasteiger partial charge < -0.3 is 14.4 Å². The van der Waals surface area contributed by atoms with Gasteiger partial charge in [-0.2, -0.15) is 0 Å². The quantitative estimate of drug-likeness (QED) is 0.678. The maximum atomic E-state index is 12.3. The Morgan fingerprint density at radius 2 is 1.68 bits per heavy atom. The third-order valence-electron chi connectivity index (χ3n) is 3.62. The number of nitrogens with zero attached hydrogens (tertiary/aromatic N) is 1. The van der Waals surface area contributed by atoms with E-state index in [1.165, 1.54) is 0 Å². The number of likely N-dealkylation sites (N-methyl/N-ethyl adjacent to an activating group) is 1. The number of carbonyl (C=O) groups is 1. The van der Waals surface area contributed by atoms with E-state index in [-0.39, 0.29) is 5.91 Å². The molecule has 0 heterocycles. The fourth-order valence-electron chi connectivity index (χ4n) is 2.40. The van der Waals surface area contributed by atoms with Gasteiger partial charge in [0.25, 0.3) is 0 Å². The molecule has 0 aliphatic rings. The van der Waals surface area contributed by atoms with Crippen LogP contribution in [0.2, 0.25) is 0 Å². The first-order valence-electron chi connectivity index (χ1n) is 8.50. The van der Waals surface area contributed by atoms with E-state index in [0.717, 1.165) is 11.1 Å². The smallest absolute Gasteiger partial charge is 0.246 e. The number of carbonyl (C=O) groups excluding carboxylic acids is 1. The molecule has 0 aliphatic heterocycles.